The molecule has 0 unspecified atom stereocenters. The summed E-state index contributed by atoms with van der Waals surface area (Å²) in [6, 6.07) is 4.63. The molecule has 1 saturated carbocycles. The minimum atomic E-state index is 0.808. The van der Waals surface area contributed by atoms with Crippen molar-refractivity contribution < 1.29 is 4.79 Å². The van der Waals surface area contributed by atoms with Gasteiger partial charge in [0.05, 0.1) is 4.88 Å². The Morgan fingerprint density at radius 1 is 1.50 bits per heavy atom. The first-order chi connectivity index (χ1) is 6.76. The van der Waals surface area contributed by atoms with Crippen LogP contribution in [0.25, 0.3) is 0 Å². The van der Waals surface area contributed by atoms with E-state index in [9.17, 15) is 4.79 Å². The van der Waals surface area contributed by atoms with Crippen LogP contribution in [0.2, 0.25) is 0 Å². The summed E-state index contributed by atoms with van der Waals surface area (Å²) in [6.45, 7) is 1.98. The van der Waals surface area contributed by atoms with Crippen LogP contribution in [-0.2, 0) is 0 Å². The van der Waals surface area contributed by atoms with Crippen molar-refractivity contribution in [2.45, 2.75) is 32.2 Å². The Morgan fingerprint density at radius 2 is 2.21 bits per heavy atom. The molecule has 0 radical (unpaired) electrons. The fourth-order valence-corrected chi connectivity index (χ4v) is 1.91. The number of hydrogen-bond acceptors (Lipinski definition) is 3. The third-order valence-electron chi connectivity index (χ3n) is 2.39. The van der Waals surface area contributed by atoms with Gasteiger partial charge in [-0.3, -0.25) is 4.79 Å². The van der Waals surface area contributed by atoms with Crippen molar-refractivity contribution in [1.29, 1.82) is 0 Å². The lowest BCUT2D eigenvalue weighted by atomic mass is 9.94. The summed E-state index contributed by atoms with van der Waals surface area (Å²) in [4.78, 5) is 12.0. The number of aldehydes is 1. The van der Waals surface area contributed by atoms with Crippen molar-refractivity contribution in [1.82, 2.24) is 5.32 Å². The summed E-state index contributed by atoms with van der Waals surface area (Å²) in [5.41, 5.74) is 0. The zero-order valence-corrected chi connectivity index (χ0v) is 9.56. The van der Waals surface area contributed by atoms with Gasteiger partial charge >= 0.3 is 0 Å². The highest BCUT2D eigenvalue weighted by molar-refractivity contribution is 7.13. The molecule has 1 aliphatic carbocycles. The van der Waals surface area contributed by atoms with E-state index in [1.54, 1.807) is 0 Å². The van der Waals surface area contributed by atoms with Crippen LogP contribution in [0.4, 0.5) is 0 Å². The molecule has 0 bridgehead atoms. The lowest BCUT2D eigenvalue weighted by Gasteiger charge is -2.23. The second kappa shape index (κ2) is 5.94. The SMILES string of the molecule is CNC1CCC1.Cc1ccc(C=O)s1. The molecule has 0 aromatic carbocycles. The maximum Gasteiger partial charge on any atom is 0.160 e. The van der Waals surface area contributed by atoms with Crippen LogP contribution in [0.15, 0.2) is 12.1 Å². The van der Waals surface area contributed by atoms with Crippen LogP contribution in [0.1, 0.15) is 33.8 Å². The minimum Gasteiger partial charge on any atom is -0.317 e. The Balaban J connectivity index is 0.000000146. The summed E-state index contributed by atoms with van der Waals surface area (Å²) < 4.78 is 0. The van der Waals surface area contributed by atoms with Gasteiger partial charge in [0.1, 0.15) is 0 Å². The fourth-order valence-electron chi connectivity index (χ4n) is 1.21. The summed E-state index contributed by atoms with van der Waals surface area (Å²) in [7, 11) is 2.03. The van der Waals surface area contributed by atoms with Crippen molar-refractivity contribution in [3.05, 3.63) is 21.9 Å². The second-order valence-corrected chi connectivity index (χ2v) is 4.80. The van der Waals surface area contributed by atoms with E-state index in [0.29, 0.717) is 0 Å². The predicted octanol–water partition coefficient (Wildman–Crippen LogP) is 2.63. The monoisotopic (exact) mass is 211 g/mol. The van der Waals surface area contributed by atoms with E-state index < -0.39 is 0 Å². The average Bonchev–Trinajstić information content (AvgIpc) is 2.50. The smallest absolute Gasteiger partial charge is 0.160 e. The Labute approximate surface area is 89.3 Å². The van der Waals surface area contributed by atoms with Crippen molar-refractivity contribution in [3.8, 4) is 0 Å². The minimum absolute atomic E-state index is 0.808. The van der Waals surface area contributed by atoms with E-state index >= 15 is 0 Å². The van der Waals surface area contributed by atoms with Crippen molar-refractivity contribution in [2.24, 2.45) is 0 Å². The largest absolute Gasteiger partial charge is 0.317 e. The zero-order chi connectivity index (χ0) is 10.4. The van der Waals surface area contributed by atoms with E-state index in [2.05, 4.69) is 5.32 Å². The molecule has 1 aliphatic rings. The van der Waals surface area contributed by atoms with Crippen LogP contribution >= 0.6 is 11.3 Å². The van der Waals surface area contributed by atoms with Crippen molar-refractivity contribution in [3.63, 3.8) is 0 Å². The summed E-state index contributed by atoms with van der Waals surface area (Å²) in [5, 5.41) is 3.20. The average molecular weight is 211 g/mol. The molecule has 78 valence electrons. The van der Waals surface area contributed by atoms with Gasteiger partial charge < -0.3 is 5.32 Å². The highest BCUT2D eigenvalue weighted by atomic mass is 32.1. The predicted molar refractivity (Wildman–Crippen MR) is 61.1 cm³/mol. The maximum absolute atomic E-state index is 10.0. The lowest BCUT2D eigenvalue weighted by Crippen LogP contribution is -2.31. The number of aryl methyl sites for hydroxylation is 1. The van der Waals surface area contributed by atoms with Crippen LogP contribution in [0.3, 0.4) is 0 Å². The number of carbonyl (C=O) groups is 1. The van der Waals surface area contributed by atoms with E-state index in [0.717, 1.165) is 17.2 Å². The highest BCUT2D eigenvalue weighted by Gasteiger charge is 2.13. The quantitative estimate of drug-likeness (QED) is 0.762. The molecule has 0 amide bonds. The molecule has 3 heteroatoms. The molecule has 1 fully saturated rings. The van der Waals surface area contributed by atoms with Gasteiger partial charge in [-0.2, -0.15) is 0 Å². The van der Waals surface area contributed by atoms with Gasteiger partial charge in [0.25, 0.3) is 0 Å². The molecule has 2 nitrogen and oxygen atoms in total. The molecule has 1 N–H and O–H groups in total. The van der Waals surface area contributed by atoms with Gasteiger partial charge in [0.15, 0.2) is 6.29 Å². The van der Waals surface area contributed by atoms with E-state index in [4.69, 9.17) is 0 Å². The van der Waals surface area contributed by atoms with Gasteiger partial charge in [-0.25, -0.2) is 0 Å². The van der Waals surface area contributed by atoms with Crippen molar-refractivity contribution >= 4 is 17.6 Å². The summed E-state index contributed by atoms with van der Waals surface area (Å²) in [6.07, 6.45) is 5.11. The lowest BCUT2D eigenvalue weighted by molar-refractivity contribution is 0.112. The fraction of sp³-hybridized carbons (Fsp3) is 0.545. The first-order valence-electron chi connectivity index (χ1n) is 4.95. The molecule has 0 aliphatic heterocycles. The second-order valence-electron chi connectivity index (χ2n) is 3.48. The Bertz CT molecular complexity index is 276. The van der Waals surface area contributed by atoms with Gasteiger partial charge in [-0.05, 0) is 38.9 Å². The summed E-state index contributed by atoms with van der Waals surface area (Å²) >= 11 is 1.52. The van der Waals surface area contributed by atoms with E-state index in [1.165, 1.54) is 35.5 Å². The molecule has 1 aromatic rings. The Morgan fingerprint density at radius 3 is 2.36 bits per heavy atom. The molecule has 0 spiro atoms. The molecule has 1 aromatic heterocycles. The molecular formula is C11H17NOS. The van der Waals surface area contributed by atoms with Crippen LogP contribution in [0, 0.1) is 6.92 Å². The number of carbonyl (C=O) groups excluding carboxylic acids is 1. The molecule has 1 heterocycles. The number of rotatable bonds is 2. The molecule has 0 atom stereocenters. The molecule has 14 heavy (non-hydrogen) atoms. The highest BCUT2D eigenvalue weighted by Crippen LogP contribution is 2.16. The third kappa shape index (κ3) is 3.60. The maximum atomic E-state index is 10.0. The van der Waals surface area contributed by atoms with Gasteiger partial charge in [-0.1, -0.05) is 6.42 Å². The van der Waals surface area contributed by atoms with Crippen LogP contribution in [-0.4, -0.2) is 19.4 Å². The standard InChI is InChI=1S/C6H6OS.C5H11N/c1-5-2-3-6(4-7)8-5;1-6-5-3-2-4-5/h2-4H,1H3;5-6H,2-4H2,1H3. The van der Waals surface area contributed by atoms with Gasteiger partial charge in [0.2, 0.25) is 0 Å². The molecular weight excluding hydrogens is 194 g/mol. The summed E-state index contributed by atoms with van der Waals surface area (Å²) in [5.74, 6) is 0. The Hall–Kier alpha value is -0.670. The molecule has 2 rings (SSSR count). The third-order valence-corrected chi connectivity index (χ3v) is 3.32. The zero-order valence-electron chi connectivity index (χ0n) is 8.75. The first-order valence-corrected chi connectivity index (χ1v) is 5.76. The van der Waals surface area contributed by atoms with Gasteiger partial charge in [0, 0.05) is 10.9 Å². The molecule has 0 saturated heterocycles. The van der Waals surface area contributed by atoms with E-state index in [1.807, 2.05) is 26.1 Å². The van der Waals surface area contributed by atoms with Crippen molar-refractivity contribution in [2.75, 3.05) is 7.05 Å². The topological polar surface area (TPSA) is 29.1 Å². The number of hydrogen-bond donors (Lipinski definition) is 1. The van der Waals surface area contributed by atoms with E-state index in [-0.39, 0.29) is 0 Å². The van der Waals surface area contributed by atoms with Crippen LogP contribution in [0.5, 0.6) is 0 Å². The van der Waals surface area contributed by atoms with Crippen LogP contribution < -0.4 is 5.32 Å². The number of nitrogens with one attached hydrogen (secondary N) is 1. The Kier molecular flexibility index (Phi) is 4.84. The first kappa shape index (κ1) is 11.4. The normalized spacial score (nSPS) is 15.3. The van der Waals surface area contributed by atoms with Gasteiger partial charge in [-0.15, -0.1) is 11.3 Å². The number of thiophene rings is 1.